The molecule has 1 fully saturated rings. The highest BCUT2D eigenvalue weighted by Crippen LogP contribution is 2.37. The van der Waals surface area contributed by atoms with Crippen LogP contribution in [-0.4, -0.2) is 32.5 Å². The van der Waals surface area contributed by atoms with Crippen LogP contribution in [0.2, 0.25) is 0 Å². The van der Waals surface area contributed by atoms with Gasteiger partial charge in [-0.25, -0.2) is 8.42 Å². The molecule has 0 radical (unpaired) electrons. The van der Waals surface area contributed by atoms with Gasteiger partial charge >= 0.3 is 7.12 Å². The number of sulfonamides is 1. The fourth-order valence-corrected chi connectivity index (χ4v) is 3.36. The maximum atomic E-state index is 12.0. The fourth-order valence-electron chi connectivity index (χ4n) is 2.73. The first-order valence-electron chi connectivity index (χ1n) is 9.26. The minimum absolute atomic E-state index is 0.0128. The molecule has 8 heteroatoms. The van der Waals surface area contributed by atoms with Crippen molar-refractivity contribution in [3.63, 3.8) is 0 Å². The number of nitrogens with one attached hydrogen (secondary N) is 1. The highest BCUT2D eigenvalue weighted by Gasteiger charge is 2.52. The summed E-state index contributed by atoms with van der Waals surface area (Å²) in [7, 11) is -4.09. The summed E-state index contributed by atoms with van der Waals surface area (Å²) in [5.41, 5.74) is 0.00657. The van der Waals surface area contributed by atoms with Crippen LogP contribution < -0.4 is 14.9 Å². The Morgan fingerprint density at radius 2 is 1.61 bits per heavy atom. The van der Waals surface area contributed by atoms with E-state index in [-0.39, 0.29) is 5.75 Å². The summed E-state index contributed by atoms with van der Waals surface area (Å²) in [6.45, 7) is 9.45. The molecule has 0 unspecified atom stereocenters. The molecule has 0 aromatic heterocycles. The molecule has 6 nitrogen and oxygen atoms in total. The minimum Gasteiger partial charge on any atom is -0.458 e. The molecule has 2 aromatic carbocycles. The first kappa shape index (κ1) is 20.7. The normalized spacial score (nSPS) is 18.1. The van der Waals surface area contributed by atoms with Gasteiger partial charge in [-0.15, -0.1) is 0 Å². The summed E-state index contributed by atoms with van der Waals surface area (Å²) >= 11 is 0. The molecule has 1 aliphatic rings. The van der Waals surface area contributed by atoms with Gasteiger partial charge in [0.25, 0.3) is 0 Å². The van der Waals surface area contributed by atoms with E-state index in [0.717, 1.165) is 0 Å². The van der Waals surface area contributed by atoms with Crippen molar-refractivity contribution in [2.45, 2.75) is 45.8 Å². The Kier molecular flexibility index (Phi) is 5.49. The summed E-state index contributed by atoms with van der Waals surface area (Å²) in [5, 5.41) is 0. The van der Waals surface area contributed by atoms with E-state index < -0.39 is 28.3 Å². The molecule has 150 valence electrons. The lowest BCUT2D eigenvalue weighted by molar-refractivity contribution is 0.00578. The van der Waals surface area contributed by atoms with Crippen molar-refractivity contribution in [2.24, 2.45) is 0 Å². The van der Waals surface area contributed by atoms with Gasteiger partial charge in [0.05, 0.1) is 17.0 Å². The molecular formula is C20H26BNO5S. The largest absolute Gasteiger partial charge is 0.498 e. The Morgan fingerprint density at radius 3 is 2.18 bits per heavy atom. The molecule has 1 aliphatic heterocycles. The average Bonchev–Trinajstić information content (AvgIpc) is 2.84. The van der Waals surface area contributed by atoms with Crippen molar-refractivity contribution in [3.05, 3.63) is 48.5 Å². The van der Waals surface area contributed by atoms with Crippen LogP contribution in [-0.2, 0) is 19.3 Å². The highest BCUT2D eigenvalue weighted by atomic mass is 32.2. The second kappa shape index (κ2) is 7.42. The van der Waals surface area contributed by atoms with Crippen molar-refractivity contribution in [1.29, 1.82) is 0 Å². The predicted octanol–water partition coefficient (Wildman–Crippen LogP) is 3.54. The monoisotopic (exact) mass is 403 g/mol. The molecular weight excluding hydrogens is 377 g/mol. The van der Waals surface area contributed by atoms with Crippen LogP contribution in [0.4, 0.5) is 5.69 Å². The van der Waals surface area contributed by atoms with E-state index in [1.54, 1.807) is 25.1 Å². The molecule has 0 atom stereocenters. The first-order valence-corrected chi connectivity index (χ1v) is 10.9. The number of ether oxygens (including phenoxy) is 1. The molecule has 28 heavy (non-hydrogen) atoms. The van der Waals surface area contributed by atoms with Gasteiger partial charge in [0.15, 0.2) is 0 Å². The van der Waals surface area contributed by atoms with Crippen LogP contribution in [0.5, 0.6) is 11.5 Å². The maximum absolute atomic E-state index is 12.0. The Balaban J connectivity index is 2.00. The molecule has 1 heterocycles. The van der Waals surface area contributed by atoms with Crippen LogP contribution >= 0.6 is 0 Å². The van der Waals surface area contributed by atoms with Gasteiger partial charge in [-0.3, -0.25) is 4.72 Å². The van der Waals surface area contributed by atoms with Crippen molar-refractivity contribution in [1.82, 2.24) is 0 Å². The van der Waals surface area contributed by atoms with Crippen LogP contribution in [0.15, 0.2) is 48.5 Å². The molecule has 0 aliphatic carbocycles. The molecule has 0 spiro atoms. The van der Waals surface area contributed by atoms with Crippen molar-refractivity contribution < 1.29 is 22.5 Å². The zero-order chi connectivity index (χ0) is 20.6. The molecule has 2 aromatic rings. The lowest BCUT2D eigenvalue weighted by Crippen LogP contribution is -2.41. The predicted molar refractivity (Wildman–Crippen MR) is 112 cm³/mol. The van der Waals surface area contributed by atoms with Gasteiger partial charge in [-0.1, -0.05) is 18.2 Å². The molecule has 0 amide bonds. The van der Waals surface area contributed by atoms with Gasteiger partial charge in [-0.2, -0.15) is 0 Å². The van der Waals surface area contributed by atoms with E-state index in [9.17, 15) is 8.42 Å². The molecule has 3 rings (SSSR count). The van der Waals surface area contributed by atoms with Crippen molar-refractivity contribution in [2.75, 3.05) is 10.5 Å². The van der Waals surface area contributed by atoms with E-state index in [1.165, 1.54) is 0 Å². The van der Waals surface area contributed by atoms with Gasteiger partial charge in [0.1, 0.15) is 11.5 Å². The number of hydrogen-bond donors (Lipinski definition) is 1. The zero-order valence-corrected chi connectivity index (χ0v) is 17.7. The van der Waals surface area contributed by atoms with Gasteiger partial charge < -0.3 is 14.0 Å². The summed E-state index contributed by atoms with van der Waals surface area (Å²) in [4.78, 5) is 0. The van der Waals surface area contributed by atoms with Gasteiger partial charge in [-0.05, 0) is 65.0 Å². The third kappa shape index (κ3) is 4.34. The molecule has 0 bridgehead atoms. The Labute approximate surface area is 167 Å². The van der Waals surface area contributed by atoms with Crippen LogP contribution in [0, 0.1) is 0 Å². The smallest absolute Gasteiger partial charge is 0.458 e. The highest BCUT2D eigenvalue weighted by molar-refractivity contribution is 7.92. The maximum Gasteiger partial charge on any atom is 0.498 e. The minimum atomic E-state index is -3.40. The summed E-state index contributed by atoms with van der Waals surface area (Å²) in [5.74, 6) is 1.20. The number of hydrogen-bond acceptors (Lipinski definition) is 5. The third-order valence-electron chi connectivity index (χ3n) is 5.14. The van der Waals surface area contributed by atoms with E-state index >= 15 is 0 Å². The Bertz CT molecular complexity index is 928. The van der Waals surface area contributed by atoms with Crippen LogP contribution in [0.25, 0.3) is 0 Å². The Hall–Kier alpha value is -2.03. The topological polar surface area (TPSA) is 73.9 Å². The number of anilines is 1. The summed E-state index contributed by atoms with van der Waals surface area (Å²) < 4.78 is 44.9. The lowest BCUT2D eigenvalue weighted by atomic mass is 9.78. The number of benzene rings is 2. The lowest BCUT2D eigenvalue weighted by Gasteiger charge is -2.32. The standard InChI is InChI=1S/C20H26BNO5S/c1-6-28(23,24)22-15-12-13-18(25-16-10-8-7-9-11-16)17(14-15)21-26-19(2,3)20(4,5)27-21/h7-14,22H,6H2,1-5H3. The van der Waals surface area contributed by atoms with Gasteiger partial charge in [0, 0.05) is 11.2 Å². The van der Waals surface area contributed by atoms with E-state index in [1.807, 2.05) is 58.0 Å². The molecule has 1 N–H and O–H groups in total. The second-order valence-corrected chi connectivity index (χ2v) is 9.77. The first-order chi connectivity index (χ1) is 13.0. The van der Waals surface area contributed by atoms with Crippen molar-refractivity contribution in [3.8, 4) is 11.5 Å². The van der Waals surface area contributed by atoms with Crippen LogP contribution in [0.1, 0.15) is 34.6 Å². The fraction of sp³-hybridized carbons (Fsp3) is 0.400. The van der Waals surface area contributed by atoms with E-state index in [2.05, 4.69) is 4.72 Å². The average molecular weight is 403 g/mol. The van der Waals surface area contributed by atoms with E-state index in [0.29, 0.717) is 22.6 Å². The Morgan fingerprint density at radius 1 is 1.00 bits per heavy atom. The van der Waals surface area contributed by atoms with Gasteiger partial charge in [0.2, 0.25) is 10.0 Å². The molecule has 1 saturated heterocycles. The third-order valence-corrected chi connectivity index (χ3v) is 6.45. The SMILES string of the molecule is CCS(=O)(=O)Nc1ccc(Oc2ccccc2)c(B2OC(C)(C)C(C)(C)O2)c1. The quantitative estimate of drug-likeness (QED) is 0.747. The zero-order valence-electron chi connectivity index (χ0n) is 16.9. The summed E-state index contributed by atoms with van der Waals surface area (Å²) in [6, 6.07) is 14.5. The summed E-state index contributed by atoms with van der Waals surface area (Å²) in [6.07, 6.45) is 0. The molecule has 0 saturated carbocycles. The van der Waals surface area contributed by atoms with E-state index in [4.69, 9.17) is 14.0 Å². The number of rotatable bonds is 6. The number of para-hydroxylation sites is 1. The van der Waals surface area contributed by atoms with Crippen molar-refractivity contribution >= 4 is 28.3 Å². The van der Waals surface area contributed by atoms with Crippen LogP contribution in [0.3, 0.4) is 0 Å². The second-order valence-electron chi connectivity index (χ2n) is 7.76.